The number of nitrogens with one attached hydrogen (secondary N) is 2. The van der Waals surface area contributed by atoms with Gasteiger partial charge in [-0.15, -0.1) is 0 Å². The van der Waals surface area contributed by atoms with Crippen LogP contribution in [0.25, 0.3) is 10.6 Å². The monoisotopic (exact) mass is 576 g/mol. The molecular weight excluding hydrogens is 544 g/mol. The number of hydrogen-bond acceptors (Lipinski definition) is 6. The summed E-state index contributed by atoms with van der Waals surface area (Å²) in [6, 6.07) is 33.7. The summed E-state index contributed by atoms with van der Waals surface area (Å²) in [6.45, 7) is 2.51. The zero-order valence-corrected chi connectivity index (χ0v) is 24.1. The third-order valence-electron chi connectivity index (χ3n) is 6.84. The van der Waals surface area contributed by atoms with E-state index >= 15 is 0 Å². The fraction of sp³-hybridized carbons (Fsp3) is 0.182. The van der Waals surface area contributed by atoms with E-state index in [9.17, 15) is 9.59 Å². The average Bonchev–Trinajstić information content (AvgIpc) is 3.48. The largest absolute Gasteiger partial charge is 0.326 e. The van der Waals surface area contributed by atoms with Crippen LogP contribution in [0.2, 0.25) is 0 Å². The lowest BCUT2D eigenvalue weighted by atomic mass is 9.88. The quantitative estimate of drug-likeness (QED) is 0.179. The molecule has 42 heavy (non-hydrogen) atoms. The number of rotatable bonds is 11. The molecule has 2 N–H and O–H groups in total. The van der Waals surface area contributed by atoms with Gasteiger partial charge in [-0.25, -0.2) is 4.79 Å². The molecule has 5 rings (SSSR count). The second-order valence-electron chi connectivity index (χ2n) is 9.83. The Morgan fingerprint density at radius 1 is 0.810 bits per heavy atom. The molecular formula is C33H32N6O2S. The van der Waals surface area contributed by atoms with Crippen molar-refractivity contribution in [3.63, 3.8) is 0 Å². The van der Waals surface area contributed by atoms with Crippen LogP contribution in [0.5, 0.6) is 0 Å². The molecule has 2 heterocycles. The Kier molecular flexibility index (Phi) is 9.64. The summed E-state index contributed by atoms with van der Waals surface area (Å²) in [5.41, 5.74) is 4.91. The van der Waals surface area contributed by atoms with E-state index in [-0.39, 0.29) is 23.8 Å². The summed E-state index contributed by atoms with van der Waals surface area (Å²) in [4.78, 5) is 35.7. The molecule has 0 aliphatic heterocycles. The Labute approximate surface area is 249 Å². The zero-order chi connectivity index (χ0) is 29.1. The molecule has 0 aliphatic carbocycles. The van der Waals surface area contributed by atoms with E-state index in [0.29, 0.717) is 30.2 Å². The second-order valence-corrected chi connectivity index (χ2v) is 10.6. The maximum absolute atomic E-state index is 13.6. The molecule has 2 aromatic heterocycles. The first-order valence-electron chi connectivity index (χ1n) is 13.8. The Morgan fingerprint density at radius 3 is 2.10 bits per heavy atom. The number of aromatic nitrogens is 3. The minimum Gasteiger partial charge on any atom is -0.326 e. The van der Waals surface area contributed by atoms with Crippen LogP contribution >= 0.6 is 11.5 Å². The third-order valence-corrected chi connectivity index (χ3v) is 7.60. The highest BCUT2D eigenvalue weighted by Crippen LogP contribution is 2.29. The van der Waals surface area contributed by atoms with Gasteiger partial charge in [0.2, 0.25) is 11.9 Å². The van der Waals surface area contributed by atoms with Gasteiger partial charge in [-0.05, 0) is 65.5 Å². The highest BCUT2D eigenvalue weighted by molar-refractivity contribution is 7.09. The van der Waals surface area contributed by atoms with Crippen molar-refractivity contribution < 1.29 is 9.59 Å². The molecule has 3 amide bonds. The minimum absolute atomic E-state index is 0.130. The molecule has 8 nitrogen and oxygen atoms in total. The lowest BCUT2D eigenvalue weighted by Crippen LogP contribution is -2.38. The summed E-state index contributed by atoms with van der Waals surface area (Å²) in [6.07, 6.45) is 3.15. The number of nitrogens with zero attached hydrogens (tertiary/aromatic N) is 4. The summed E-state index contributed by atoms with van der Waals surface area (Å²) < 4.78 is 4.38. The van der Waals surface area contributed by atoms with E-state index in [2.05, 4.69) is 73.5 Å². The number of urea groups is 1. The maximum atomic E-state index is 13.6. The van der Waals surface area contributed by atoms with Crippen molar-refractivity contribution in [3.05, 3.63) is 126 Å². The molecule has 0 saturated heterocycles. The highest BCUT2D eigenvalue weighted by Gasteiger charge is 2.21. The number of carbonyl (C=O) groups excluding carboxylic acids is 2. The van der Waals surface area contributed by atoms with Crippen molar-refractivity contribution >= 4 is 35.1 Å². The van der Waals surface area contributed by atoms with Crippen LogP contribution in [0, 0.1) is 0 Å². The van der Waals surface area contributed by atoms with Gasteiger partial charge in [0.25, 0.3) is 0 Å². The smallest absolute Gasteiger partial charge is 0.324 e. The Morgan fingerprint density at radius 2 is 1.48 bits per heavy atom. The lowest BCUT2D eigenvalue weighted by Gasteiger charge is -2.26. The highest BCUT2D eigenvalue weighted by atomic mass is 32.1. The van der Waals surface area contributed by atoms with Gasteiger partial charge in [0.1, 0.15) is 5.01 Å². The molecule has 0 fully saturated rings. The number of carbonyl (C=O) groups is 2. The molecule has 0 radical (unpaired) electrons. The molecule has 0 unspecified atom stereocenters. The van der Waals surface area contributed by atoms with Crippen LogP contribution in [0.1, 0.15) is 36.1 Å². The van der Waals surface area contributed by atoms with Crippen molar-refractivity contribution in [1.82, 2.24) is 19.2 Å². The van der Waals surface area contributed by atoms with Gasteiger partial charge in [-0.3, -0.25) is 15.1 Å². The lowest BCUT2D eigenvalue weighted by molar-refractivity contribution is -0.114. The van der Waals surface area contributed by atoms with Crippen molar-refractivity contribution in [3.8, 4) is 10.6 Å². The standard InChI is InChI=1S/C33H32N6O2S/c1-24(40)35-29-17-15-27(16-18-29)31-36-32(38-42-31)37-33(41)39(22-19-28-14-8-9-21-34-28)23-20-30(25-10-4-2-5-11-25)26-12-6-3-7-13-26/h2-18,21,30H,19-20,22-23H2,1H3,(H,35,40)(H,37,38,41). The van der Waals surface area contributed by atoms with Crippen molar-refractivity contribution in [2.24, 2.45) is 0 Å². The minimum atomic E-state index is -0.254. The van der Waals surface area contributed by atoms with Gasteiger partial charge < -0.3 is 10.2 Å². The van der Waals surface area contributed by atoms with E-state index < -0.39 is 0 Å². The van der Waals surface area contributed by atoms with Gasteiger partial charge in [0, 0.05) is 55.5 Å². The fourth-order valence-electron chi connectivity index (χ4n) is 4.76. The Bertz CT molecular complexity index is 1540. The first-order chi connectivity index (χ1) is 20.5. The molecule has 9 heteroatoms. The molecule has 5 aromatic rings. The first-order valence-corrected chi connectivity index (χ1v) is 14.6. The van der Waals surface area contributed by atoms with Crippen LogP contribution in [0.4, 0.5) is 16.4 Å². The molecule has 0 spiro atoms. The SMILES string of the molecule is CC(=O)Nc1ccc(-c2nc(NC(=O)N(CCc3ccccn3)CCC(c3ccccc3)c3ccccc3)ns2)cc1. The Hall–Kier alpha value is -4.89. The zero-order valence-electron chi connectivity index (χ0n) is 23.3. The van der Waals surface area contributed by atoms with Crippen LogP contribution in [0.15, 0.2) is 109 Å². The number of amides is 3. The maximum Gasteiger partial charge on any atom is 0.324 e. The van der Waals surface area contributed by atoms with Gasteiger partial charge in [0.05, 0.1) is 0 Å². The summed E-state index contributed by atoms with van der Waals surface area (Å²) >= 11 is 1.21. The van der Waals surface area contributed by atoms with Crippen LogP contribution in [0.3, 0.4) is 0 Å². The van der Waals surface area contributed by atoms with Crippen LogP contribution in [-0.4, -0.2) is 44.3 Å². The van der Waals surface area contributed by atoms with Crippen LogP contribution in [-0.2, 0) is 11.2 Å². The molecule has 212 valence electrons. The number of hydrogen-bond donors (Lipinski definition) is 2. The summed E-state index contributed by atoms with van der Waals surface area (Å²) in [5.74, 6) is 0.272. The van der Waals surface area contributed by atoms with Crippen LogP contribution < -0.4 is 10.6 Å². The topological polar surface area (TPSA) is 100 Å². The van der Waals surface area contributed by atoms with Gasteiger partial charge in [-0.2, -0.15) is 9.36 Å². The molecule has 0 bridgehead atoms. The first kappa shape index (κ1) is 28.6. The Balaban J connectivity index is 1.31. The molecule has 3 aromatic carbocycles. The van der Waals surface area contributed by atoms with E-state index in [0.717, 1.165) is 17.7 Å². The summed E-state index contributed by atoms with van der Waals surface area (Å²) in [7, 11) is 0. The van der Waals surface area contributed by atoms with Crippen molar-refractivity contribution in [2.45, 2.75) is 25.7 Å². The van der Waals surface area contributed by atoms with E-state index in [1.54, 1.807) is 6.20 Å². The van der Waals surface area contributed by atoms with E-state index in [1.165, 1.54) is 29.6 Å². The number of pyridine rings is 1. The van der Waals surface area contributed by atoms with Gasteiger partial charge in [-0.1, -0.05) is 66.7 Å². The van der Waals surface area contributed by atoms with Gasteiger partial charge >= 0.3 is 6.03 Å². The molecule has 0 atom stereocenters. The van der Waals surface area contributed by atoms with E-state index in [1.807, 2.05) is 59.5 Å². The normalized spacial score (nSPS) is 10.8. The number of anilines is 2. The summed E-state index contributed by atoms with van der Waals surface area (Å²) in [5, 5.41) is 6.33. The van der Waals surface area contributed by atoms with Gasteiger partial charge in [0.15, 0.2) is 0 Å². The predicted octanol–water partition coefficient (Wildman–Crippen LogP) is 6.86. The van der Waals surface area contributed by atoms with Crippen molar-refractivity contribution in [2.75, 3.05) is 23.7 Å². The number of benzene rings is 3. The second kappa shape index (κ2) is 14.1. The van der Waals surface area contributed by atoms with E-state index in [4.69, 9.17) is 0 Å². The average molecular weight is 577 g/mol. The van der Waals surface area contributed by atoms with Crippen molar-refractivity contribution in [1.29, 1.82) is 0 Å². The fourth-order valence-corrected chi connectivity index (χ4v) is 5.39. The third kappa shape index (κ3) is 7.86. The predicted molar refractivity (Wildman–Crippen MR) is 168 cm³/mol. The molecule has 0 saturated carbocycles. The molecule has 0 aliphatic rings.